The van der Waals surface area contributed by atoms with Crippen molar-refractivity contribution in [1.29, 1.82) is 0 Å². The number of carbonyl (C=O) groups is 1. The predicted octanol–water partition coefficient (Wildman–Crippen LogP) is 4.46. The fraction of sp³-hybridized carbons (Fsp3) is 0.632. The monoisotopic (exact) mass is 268 g/mol. The Bertz CT molecular complexity index is 526. The minimum atomic E-state index is -0.297. The zero-order chi connectivity index (χ0) is 13.8. The van der Waals surface area contributed by atoms with E-state index in [0.717, 1.165) is 11.8 Å². The topological polar surface area (TPSA) is 17.1 Å². The Balaban J connectivity index is 1.82. The van der Waals surface area contributed by atoms with E-state index in [1.54, 1.807) is 0 Å². The molecule has 1 nitrogen and oxygen atoms in total. The van der Waals surface area contributed by atoms with Crippen molar-refractivity contribution in [3.05, 3.63) is 36.0 Å². The molecule has 4 aliphatic rings. The number of carbonyl (C=O) groups excluding carboxylic acids is 1. The fourth-order valence-electron chi connectivity index (χ4n) is 5.57. The Morgan fingerprint density at radius 2 is 2.05 bits per heavy atom. The lowest BCUT2D eigenvalue weighted by atomic mass is 9.48. The molecule has 106 valence electrons. The Kier molecular flexibility index (Phi) is 2.64. The third-order valence-electron chi connectivity index (χ3n) is 6.60. The van der Waals surface area contributed by atoms with Gasteiger partial charge in [-0.2, -0.15) is 0 Å². The minimum Gasteiger partial charge on any atom is -0.302 e. The molecule has 0 radical (unpaired) electrons. The number of hydrogen-bond donors (Lipinski definition) is 0. The van der Waals surface area contributed by atoms with Crippen LogP contribution < -0.4 is 0 Å². The van der Waals surface area contributed by atoms with Gasteiger partial charge in [0.25, 0.3) is 0 Å². The van der Waals surface area contributed by atoms with Crippen molar-refractivity contribution in [2.75, 3.05) is 0 Å². The largest absolute Gasteiger partial charge is 0.302 e. The van der Waals surface area contributed by atoms with E-state index in [1.165, 1.54) is 50.4 Å². The second-order valence-electron chi connectivity index (χ2n) is 7.52. The molecule has 0 bridgehead atoms. The highest BCUT2D eigenvalue weighted by atomic mass is 16.1. The predicted molar refractivity (Wildman–Crippen MR) is 81.1 cm³/mol. The summed E-state index contributed by atoms with van der Waals surface area (Å²) in [5.74, 6) is 2.03. The summed E-state index contributed by atoms with van der Waals surface area (Å²) < 4.78 is 0. The van der Waals surface area contributed by atoms with Crippen LogP contribution in [0.25, 0.3) is 0 Å². The second kappa shape index (κ2) is 4.19. The zero-order valence-corrected chi connectivity index (χ0v) is 12.3. The van der Waals surface area contributed by atoms with Gasteiger partial charge in [-0.25, -0.2) is 0 Å². The summed E-state index contributed by atoms with van der Waals surface area (Å²) in [6, 6.07) is 0. The van der Waals surface area contributed by atoms with Crippen molar-refractivity contribution in [1.82, 2.24) is 0 Å². The van der Waals surface area contributed by atoms with Gasteiger partial charge in [0.15, 0.2) is 0 Å². The summed E-state index contributed by atoms with van der Waals surface area (Å²) in [5.41, 5.74) is 1.20. The van der Waals surface area contributed by atoms with Gasteiger partial charge in [0.05, 0.1) is 5.41 Å². The van der Waals surface area contributed by atoms with Gasteiger partial charge in [0.1, 0.15) is 6.29 Å². The second-order valence-corrected chi connectivity index (χ2v) is 7.52. The Labute approximate surface area is 121 Å². The average Bonchev–Trinajstić information content (AvgIpc) is 2.89. The van der Waals surface area contributed by atoms with Gasteiger partial charge < -0.3 is 4.79 Å². The van der Waals surface area contributed by atoms with E-state index in [1.807, 2.05) is 0 Å². The van der Waals surface area contributed by atoms with Crippen LogP contribution in [0.15, 0.2) is 36.0 Å². The van der Waals surface area contributed by atoms with Crippen LogP contribution in [0.3, 0.4) is 0 Å². The number of fused-ring (bicyclic) bond motifs is 5. The summed E-state index contributed by atoms with van der Waals surface area (Å²) >= 11 is 0. The molecule has 0 aliphatic heterocycles. The van der Waals surface area contributed by atoms with E-state index in [0.29, 0.717) is 5.92 Å². The molecule has 2 fully saturated rings. The lowest BCUT2D eigenvalue weighted by Gasteiger charge is -2.54. The molecular formula is C19H24O. The lowest BCUT2D eigenvalue weighted by Crippen LogP contribution is -2.49. The molecule has 0 spiro atoms. The van der Waals surface area contributed by atoms with Gasteiger partial charge in [-0.3, -0.25) is 0 Å². The van der Waals surface area contributed by atoms with E-state index in [-0.39, 0.29) is 10.8 Å². The molecule has 0 N–H and O–H groups in total. The molecule has 4 rings (SSSR count). The molecule has 0 aromatic rings. The van der Waals surface area contributed by atoms with E-state index in [9.17, 15) is 4.79 Å². The molecule has 0 heterocycles. The number of hydrogen-bond acceptors (Lipinski definition) is 1. The van der Waals surface area contributed by atoms with Crippen LogP contribution in [0.1, 0.15) is 45.4 Å². The summed E-state index contributed by atoms with van der Waals surface area (Å²) in [7, 11) is 0. The van der Waals surface area contributed by atoms with Crippen molar-refractivity contribution < 1.29 is 4.79 Å². The van der Waals surface area contributed by atoms with Gasteiger partial charge >= 0.3 is 0 Å². The van der Waals surface area contributed by atoms with Crippen molar-refractivity contribution in [2.45, 2.75) is 45.4 Å². The van der Waals surface area contributed by atoms with Crippen LogP contribution in [-0.4, -0.2) is 6.29 Å². The number of aldehydes is 1. The maximum atomic E-state index is 12.2. The van der Waals surface area contributed by atoms with E-state index in [4.69, 9.17) is 0 Å². The van der Waals surface area contributed by atoms with Crippen LogP contribution in [0.5, 0.6) is 0 Å². The Morgan fingerprint density at radius 1 is 1.20 bits per heavy atom. The quantitative estimate of drug-likeness (QED) is 0.507. The maximum absolute atomic E-state index is 12.2. The molecule has 20 heavy (non-hydrogen) atoms. The summed E-state index contributed by atoms with van der Waals surface area (Å²) in [6.45, 7) is 2.31. The molecule has 1 heteroatoms. The smallest absolute Gasteiger partial charge is 0.134 e. The molecule has 0 aromatic carbocycles. The number of allylic oxidation sites excluding steroid dienone is 6. The van der Waals surface area contributed by atoms with Gasteiger partial charge in [0, 0.05) is 5.41 Å². The first-order chi connectivity index (χ1) is 9.70. The minimum absolute atomic E-state index is 0.128. The first kappa shape index (κ1) is 12.6. The molecule has 2 saturated carbocycles. The summed E-state index contributed by atoms with van der Waals surface area (Å²) in [6.07, 6.45) is 20.5. The molecular weight excluding hydrogens is 244 g/mol. The average molecular weight is 268 g/mol. The molecule has 0 amide bonds. The van der Waals surface area contributed by atoms with Crippen LogP contribution in [-0.2, 0) is 4.79 Å². The summed E-state index contributed by atoms with van der Waals surface area (Å²) in [5, 5.41) is 0. The third-order valence-corrected chi connectivity index (χ3v) is 6.60. The molecule has 5 atom stereocenters. The van der Waals surface area contributed by atoms with E-state index < -0.39 is 0 Å². The highest BCUT2D eigenvalue weighted by Gasteiger charge is 2.55. The lowest BCUT2D eigenvalue weighted by molar-refractivity contribution is -0.118. The number of rotatable bonds is 1. The molecule has 1 unspecified atom stereocenters. The highest BCUT2D eigenvalue weighted by Crippen LogP contribution is 2.62. The van der Waals surface area contributed by atoms with Crippen LogP contribution in [0, 0.1) is 28.6 Å². The first-order valence-corrected chi connectivity index (χ1v) is 8.26. The van der Waals surface area contributed by atoms with Crippen molar-refractivity contribution in [2.24, 2.45) is 28.6 Å². The Morgan fingerprint density at radius 3 is 2.90 bits per heavy atom. The van der Waals surface area contributed by atoms with Gasteiger partial charge in [-0.05, 0) is 49.0 Å². The van der Waals surface area contributed by atoms with Gasteiger partial charge in [-0.1, -0.05) is 50.1 Å². The SMILES string of the molecule is C[C@@]12C=CC=C1[C@]1(C=O)C=CC3CCCC[C@@H]3[C@H]1CC2. The maximum Gasteiger partial charge on any atom is 0.134 e. The fourth-order valence-corrected chi connectivity index (χ4v) is 5.57. The van der Waals surface area contributed by atoms with Crippen molar-refractivity contribution in [3.63, 3.8) is 0 Å². The molecule has 0 aromatic heterocycles. The standard InChI is InChI=1S/C19H24O/c1-18-10-4-7-17(18)19(13-20)12-8-14-5-2-3-6-15(14)16(19)9-11-18/h4,7-8,10,12-16H,2-3,5-6,9,11H2,1H3/t14?,15-,16+,18-,19-/m0/s1. The van der Waals surface area contributed by atoms with Crippen LogP contribution in [0.4, 0.5) is 0 Å². The first-order valence-electron chi connectivity index (χ1n) is 8.26. The van der Waals surface area contributed by atoms with Gasteiger partial charge in [-0.15, -0.1) is 0 Å². The summed E-state index contributed by atoms with van der Waals surface area (Å²) in [4.78, 5) is 12.2. The van der Waals surface area contributed by atoms with E-state index >= 15 is 0 Å². The molecule has 4 aliphatic carbocycles. The van der Waals surface area contributed by atoms with Crippen LogP contribution in [0.2, 0.25) is 0 Å². The van der Waals surface area contributed by atoms with Crippen molar-refractivity contribution >= 4 is 6.29 Å². The Hall–Kier alpha value is -1.11. The zero-order valence-electron chi connectivity index (χ0n) is 12.3. The van der Waals surface area contributed by atoms with E-state index in [2.05, 4.69) is 37.3 Å². The normalized spacial score (nSPS) is 49.0. The van der Waals surface area contributed by atoms with Gasteiger partial charge in [0.2, 0.25) is 0 Å². The van der Waals surface area contributed by atoms with Crippen molar-refractivity contribution in [3.8, 4) is 0 Å². The van der Waals surface area contributed by atoms with Crippen LogP contribution >= 0.6 is 0 Å². The molecule has 0 saturated heterocycles. The third kappa shape index (κ3) is 1.47. The highest BCUT2D eigenvalue weighted by molar-refractivity contribution is 5.73.